The highest BCUT2D eigenvalue weighted by atomic mass is 32.2. The smallest absolute Gasteiger partial charge is 0.240 e. The maximum absolute atomic E-state index is 12.6. The number of ether oxygens (including phenoxy) is 2. The molecule has 1 fully saturated rings. The van der Waals surface area contributed by atoms with Crippen LogP contribution >= 0.6 is 0 Å². The summed E-state index contributed by atoms with van der Waals surface area (Å²) < 4.78 is 40.5. The summed E-state index contributed by atoms with van der Waals surface area (Å²) in [6.07, 6.45) is 3.14. The quantitative estimate of drug-likeness (QED) is 0.767. The first kappa shape index (κ1) is 18.8. The molecule has 26 heavy (non-hydrogen) atoms. The Kier molecular flexibility index (Phi) is 5.29. The molecule has 0 radical (unpaired) electrons. The van der Waals surface area contributed by atoms with E-state index >= 15 is 0 Å². The third-order valence-corrected chi connectivity index (χ3v) is 6.31. The molecule has 0 bridgehead atoms. The van der Waals surface area contributed by atoms with Crippen LogP contribution in [0.4, 0.5) is 0 Å². The fourth-order valence-corrected chi connectivity index (χ4v) is 4.43. The molecule has 1 aliphatic carbocycles. The Hall–Kier alpha value is -1.99. The first-order valence-electron chi connectivity index (χ1n) is 8.76. The zero-order valence-corrected chi connectivity index (χ0v) is 16.5. The summed E-state index contributed by atoms with van der Waals surface area (Å²) >= 11 is 0. The molecule has 142 valence electrons. The molecule has 1 aromatic carbocycles. The van der Waals surface area contributed by atoms with E-state index in [4.69, 9.17) is 9.47 Å². The number of sulfonamides is 1. The number of aromatic nitrogens is 1. The fourth-order valence-electron chi connectivity index (χ4n) is 3.38. The van der Waals surface area contributed by atoms with E-state index in [-0.39, 0.29) is 4.90 Å². The Labute approximate surface area is 155 Å². The van der Waals surface area contributed by atoms with Crippen molar-refractivity contribution in [1.29, 1.82) is 0 Å². The van der Waals surface area contributed by atoms with Crippen LogP contribution in [0.5, 0.6) is 11.5 Å². The molecular formula is C19H26N2O4S. The van der Waals surface area contributed by atoms with Gasteiger partial charge >= 0.3 is 0 Å². The zero-order valence-electron chi connectivity index (χ0n) is 15.7. The molecular weight excluding hydrogens is 352 g/mol. The number of rotatable bonds is 8. The molecule has 1 aromatic heterocycles. The number of hydrogen-bond acceptors (Lipinski definition) is 4. The van der Waals surface area contributed by atoms with Crippen LogP contribution in [-0.4, -0.2) is 33.7 Å². The molecule has 0 unspecified atom stereocenters. The molecule has 1 saturated carbocycles. The summed E-state index contributed by atoms with van der Waals surface area (Å²) in [5.41, 5.74) is 3.70. The van der Waals surface area contributed by atoms with Crippen molar-refractivity contribution in [2.75, 3.05) is 20.8 Å². The van der Waals surface area contributed by atoms with E-state index in [0.29, 0.717) is 30.5 Å². The Balaban J connectivity index is 1.68. The van der Waals surface area contributed by atoms with Gasteiger partial charge in [-0.25, -0.2) is 13.1 Å². The predicted molar refractivity (Wildman–Crippen MR) is 101 cm³/mol. The first-order valence-corrected chi connectivity index (χ1v) is 10.2. The lowest BCUT2D eigenvalue weighted by atomic mass is 10.2. The summed E-state index contributed by atoms with van der Waals surface area (Å²) in [4.78, 5) is 0.165. The number of methoxy groups -OCH3 is 2. The van der Waals surface area contributed by atoms with Crippen molar-refractivity contribution in [3.8, 4) is 11.5 Å². The Morgan fingerprint density at radius 1 is 1.12 bits per heavy atom. The van der Waals surface area contributed by atoms with Crippen molar-refractivity contribution in [2.24, 2.45) is 0 Å². The summed E-state index contributed by atoms with van der Waals surface area (Å²) in [5.74, 6) is 0.891. The molecule has 1 aliphatic rings. The molecule has 0 saturated heterocycles. The molecule has 1 heterocycles. The SMILES string of the molecule is COc1ccc(S(=O)(=O)NCCc2cc(C)n(C3CC3)c2C)cc1OC. The highest BCUT2D eigenvalue weighted by molar-refractivity contribution is 7.89. The van der Waals surface area contributed by atoms with Gasteiger partial charge in [-0.2, -0.15) is 0 Å². The van der Waals surface area contributed by atoms with Gasteiger partial charge in [-0.1, -0.05) is 0 Å². The molecule has 2 aromatic rings. The molecule has 0 spiro atoms. The highest BCUT2D eigenvalue weighted by Crippen LogP contribution is 2.38. The standard InChI is InChI=1S/C19H26N2O4S/c1-13-11-15(14(2)21(13)16-5-6-16)9-10-20-26(22,23)17-7-8-18(24-3)19(12-17)25-4/h7-8,11-12,16,20H,5-6,9-10H2,1-4H3. The van der Waals surface area contributed by atoms with E-state index in [2.05, 4.69) is 29.2 Å². The minimum atomic E-state index is -3.60. The summed E-state index contributed by atoms with van der Waals surface area (Å²) in [6, 6.07) is 7.38. The molecule has 1 N–H and O–H groups in total. The van der Waals surface area contributed by atoms with Crippen LogP contribution in [0.15, 0.2) is 29.2 Å². The van der Waals surface area contributed by atoms with Crippen LogP contribution in [-0.2, 0) is 16.4 Å². The number of nitrogens with zero attached hydrogens (tertiary/aromatic N) is 1. The molecule has 6 nitrogen and oxygen atoms in total. The summed E-state index contributed by atoms with van der Waals surface area (Å²) in [7, 11) is -0.601. The third kappa shape index (κ3) is 3.73. The van der Waals surface area contributed by atoms with Crippen LogP contribution in [0.1, 0.15) is 35.8 Å². The van der Waals surface area contributed by atoms with Gasteiger partial charge in [-0.3, -0.25) is 0 Å². The first-order chi connectivity index (χ1) is 12.4. The number of aryl methyl sites for hydroxylation is 1. The van der Waals surface area contributed by atoms with Crippen LogP contribution in [0.2, 0.25) is 0 Å². The van der Waals surface area contributed by atoms with Crippen LogP contribution in [0.3, 0.4) is 0 Å². The van der Waals surface area contributed by atoms with Gasteiger partial charge in [-0.15, -0.1) is 0 Å². The highest BCUT2D eigenvalue weighted by Gasteiger charge is 2.27. The average Bonchev–Trinajstić information content (AvgIpc) is 3.40. The Morgan fingerprint density at radius 2 is 1.81 bits per heavy atom. The van der Waals surface area contributed by atoms with Crippen LogP contribution in [0, 0.1) is 13.8 Å². The summed E-state index contributed by atoms with van der Waals surface area (Å²) in [5, 5.41) is 0. The van der Waals surface area contributed by atoms with Gasteiger partial charge in [0.15, 0.2) is 11.5 Å². The van der Waals surface area contributed by atoms with E-state index < -0.39 is 10.0 Å². The van der Waals surface area contributed by atoms with Crippen molar-refractivity contribution in [2.45, 2.75) is 44.0 Å². The van der Waals surface area contributed by atoms with Gasteiger partial charge in [0.1, 0.15) is 0 Å². The van der Waals surface area contributed by atoms with Gasteiger partial charge in [0.25, 0.3) is 0 Å². The maximum Gasteiger partial charge on any atom is 0.240 e. The minimum absolute atomic E-state index is 0.165. The molecule has 3 rings (SSSR count). The topological polar surface area (TPSA) is 69.6 Å². The lowest BCUT2D eigenvalue weighted by Crippen LogP contribution is -2.26. The van der Waals surface area contributed by atoms with E-state index in [1.807, 2.05) is 0 Å². The van der Waals surface area contributed by atoms with Crippen molar-refractivity contribution < 1.29 is 17.9 Å². The number of nitrogens with one attached hydrogen (secondary N) is 1. The third-order valence-electron chi connectivity index (χ3n) is 4.85. The Bertz CT molecular complexity index is 899. The minimum Gasteiger partial charge on any atom is -0.493 e. The second-order valence-electron chi connectivity index (χ2n) is 6.66. The van der Waals surface area contributed by atoms with Crippen LogP contribution in [0.25, 0.3) is 0 Å². The van der Waals surface area contributed by atoms with Crippen molar-refractivity contribution in [1.82, 2.24) is 9.29 Å². The largest absolute Gasteiger partial charge is 0.493 e. The Morgan fingerprint density at radius 3 is 2.42 bits per heavy atom. The zero-order chi connectivity index (χ0) is 18.9. The number of hydrogen-bond donors (Lipinski definition) is 1. The monoisotopic (exact) mass is 378 g/mol. The molecule has 7 heteroatoms. The van der Waals surface area contributed by atoms with E-state index in [0.717, 1.165) is 0 Å². The van der Waals surface area contributed by atoms with Gasteiger partial charge in [-0.05, 0) is 56.9 Å². The second-order valence-corrected chi connectivity index (χ2v) is 8.43. The van der Waals surface area contributed by atoms with E-state index in [9.17, 15) is 8.42 Å². The van der Waals surface area contributed by atoms with Gasteiger partial charge in [0.05, 0.1) is 19.1 Å². The van der Waals surface area contributed by atoms with Gasteiger partial charge in [0.2, 0.25) is 10.0 Å². The number of benzene rings is 1. The fraction of sp³-hybridized carbons (Fsp3) is 0.474. The lowest BCUT2D eigenvalue weighted by molar-refractivity contribution is 0.354. The lowest BCUT2D eigenvalue weighted by Gasteiger charge is -2.11. The van der Waals surface area contributed by atoms with Crippen molar-refractivity contribution in [3.05, 3.63) is 41.2 Å². The normalized spacial score (nSPS) is 14.5. The maximum atomic E-state index is 12.6. The van der Waals surface area contributed by atoms with Gasteiger partial charge < -0.3 is 14.0 Å². The molecule has 0 atom stereocenters. The second kappa shape index (κ2) is 7.32. The van der Waals surface area contributed by atoms with E-state index in [1.54, 1.807) is 6.07 Å². The van der Waals surface area contributed by atoms with Gasteiger partial charge in [0, 0.05) is 30.0 Å². The van der Waals surface area contributed by atoms with E-state index in [1.165, 1.54) is 56.1 Å². The predicted octanol–water partition coefficient (Wildman–Crippen LogP) is 2.98. The van der Waals surface area contributed by atoms with Crippen molar-refractivity contribution >= 4 is 10.0 Å². The van der Waals surface area contributed by atoms with Crippen LogP contribution < -0.4 is 14.2 Å². The molecule has 0 aliphatic heterocycles. The molecule has 0 amide bonds. The average molecular weight is 378 g/mol. The summed E-state index contributed by atoms with van der Waals surface area (Å²) in [6.45, 7) is 4.58. The van der Waals surface area contributed by atoms with Crippen molar-refractivity contribution in [3.63, 3.8) is 0 Å².